The summed E-state index contributed by atoms with van der Waals surface area (Å²) in [5, 5.41) is 10.6. The molecule has 3 rings (SSSR count). The van der Waals surface area contributed by atoms with E-state index < -0.39 is 6.09 Å². The fourth-order valence-corrected chi connectivity index (χ4v) is 2.67. The van der Waals surface area contributed by atoms with Gasteiger partial charge in [-0.25, -0.2) is 4.79 Å². The van der Waals surface area contributed by atoms with Crippen molar-refractivity contribution in [3.8, 4) is 0 Å². The molecular weight excluding hydrogens is 276 g/mol. The molecule has 0 saturated carbocycles. The molecule has 0 spiro atoms. The number of aromatic nitrogens is 1. The largest absolute Gasteiger partial charge is 0.465 e. The summed E-state index contributed by atoms with van der Waals surface area (Å²) in [6.45, 7) is 0.897. The minimum Gasteiger partial charge on any atom is -0.465 e. The number of benzene rings is 2. The molecule has 22 heavy (non-hydrogen) atoms. The standard InChI is InChI=1S/C18H18N2O2/c21-18(22)20(13-14-5-2-1-3-6-14)12-10-15-7-4-8-17-16(15)9-11-19-17/h1-9,11,19H,10,12-13H2,(H,21,22). The van der Waals surface area contributed by atoms with Gasteiger partial charge >= 0.3 is 6.09 Å². The van der Waals surface area contributed by atoms with Crippen LogP contribution in [0, 0.1) is 0 Å². The fourth-order valence-electron chi connectivity index (χ4n) is 2.67. The zero-order valence-electron chi connectivity index (χ0n) is 12.2. The first-order valence-corrected chi connectivity index (χ1v) is 7.31. The lowest BCUT2D eigenvalue weighted by atomic mass is 10.1. The average molecular weight is 294 g/mol. The van der Waals surface area contributed by atoms with Crippen LogP contribution in [0.4, 0.5) is 4.79 Å². The van der Waals surface area contributed by atoms with E-state index in [2.05, 4.69) is 11.1 Å². The molecule has 4 nitrogen and oxygen atoms in total. The van der Waals surface area contributed by atoms with Crippen LogP contribution in [-0.2, 0) is 13.0 Å². The number of hydrogen-bond donors (Lipinski definition) is 2. The van der Waals surface area contributed by atoms with Crippen LogP contribution in [0.3, 0.4) is 0 Å². The molecule has 1 amide bonds. The number of rotatable bonds is 5. The summed E-state index contributed by atoms with van der Waals surface area (Å²) in [6.07, 6.45) is 1.73. The third-order valence-electron chi connectivity index (χ3n) is 3.82. The minimum atomic E-state index is -0.884. The van der Waals surface area contributed by atoms with Gasteiger partial charge in [-0.15, -0.1) is 0 Å². The second kappa shape index (κ2) is 6.35. The molecular formula is C18H18N2O2. The number of amides is 1. The van der Waals surface area contributed by atoms with Crippen LogP contribution in [0.1, 0.15) is 11.1 Å². The summed E-state index contributed by atoms with van der Waals surface area (Å²) in [6, 6.07) is 17.8. The van der Waals surface area contributed by atoms with Crippen molar-refractivity contribution >= 4 is 17.0 Å². The number of carboxylic acid groups (broad SMARTS) is 1. The quantitative estimate of drug-likeness (QED) is 0.750. The predicted molar refractivity (Wildman–Crippen MR) is 86.9 cm³/mol. The molecule has 4 heteroatoms. The molecule has 112 valence electrons. The van der Waals surface area contributed by atoms with Crippen LogP contribution < -0.4 is 0 Å². The highest BCUT2D eigenvalue weighted by Gasteiger charge is 2.13. The number of hydrogen-bond acceptors (Lipinski definition) is 1. The first kappa shape index (κ1) is 14.2. The van der Waals surface area contributed by atoms with E-state index in [0.29, 0.717) is 19.5 Å². The topological polar surface area (TPSA) is 56.3 Å². The first-order chi connectivity index (χ1) is 10.7. The highest BCUT2D eigenvalue weighted by Crippen LogP contribution is 2.18. The van der Waals surface area contributed by atoms with E-state index in [0.717, 1.165) is 22.0 Å². The zero-order valence-corrected chi connectivity index (χ0v) is 12.2. The van der Waals surface area contributed by atoms with E-state index >= 15 is 0 Å². The van der Waals surface area contributed by atoms with Crippen molar-refractivity contribution < 1.29 is 9.90 Å². The van der Waals surface area contributed by atoms with Crippen molar-refractivity contribution in [2.75, 3.05) is 6.54 Å². The van der Waals surface area contributed by atoms with Gasteiger partial charge < -0.3 is 15.0 Å². The number of aromatic amines is 1. The van der Waals surface area contributed by atoms with Crippen LogP contribution >= 0.6 is 0 Å². The highest BCUT2D eigenvalue weighted by atomic mass is 16.4. The molecule has 0 atom stereocenters. The summed E-state index contributed by atoms with van der Waals surface area (Å²) >= 11 is 0. The second-order valence-corrected chi connectivity index (χ2v) is 5.30. The Balaban J connectivity index is 1.72. The van der Waals surface area contributed by atoms with Crippen LogP contribution in [0.25, 0.3) is 10.9 Å². The van der Waals surface area contributed by atoms with Gasteiger partial charge in [-0.05, 0) is 29.7 Å². The number of nitrogens with zero attached hydrogens (tertiary/aromatic N) is 1. The third-order valence-corrected chi connectivity index (χ3v) is 3.82. The molecule has 0 bridgehead atoms. The minimum absolute atomic E-state index is 0.416. The average Bonchev–Trinajstić information content (AvgIpc) is 3.01. The molecule has 2 aromatic carbocycles. The molecule has 0 saturated heterocycles. The summed E-state index contributed by atoms with van der Waals surface area (Å²) < 4.78 is 0. The van der Waals surface area contributed by atoms with Crippen molar-refractivity contribution in [2.45, 2.75) is 13.0 Å². The van der Waals surface area contributed by atoms with Gasteiger partial charge in [-0.2, -0.15) is 0 Å². The lowest BCUT2D eigenvalue weighted by Gasteiger charge is -2.19. The van der Waals surface area contributed by atoms with Gasteiger partial charge in [-0.1, -0.05) is 42.5 Å². The number of nitrogens with one attached hydrogen (secondary N) is 1. The first-order valence-electron chi connectivity index (χ1n) is 7.31. The van der Waals surface area contributed by atoms with E-state index in [1.54, 1.807) is 0 Å². The van der Waals surface area contributed by atoms with E-state index in [4.69, 9.17) is 0 Å². The molecule has 1 aromatic heterocycles. The van der Waals surface area contributed by atoms with Gasteiger partial charge in [0.1, 0.15) is 0 Å². The van der Waals surface area contributed by atoms with Gasteiger partial charge in [0.25, 0.3) is 0 Å². The van der Waals surface area contributed by atoms with Crippen molar-refractivity contribution in [1.82, 2.24) is 9.88 Å². The van der Waals surface area contributed by atoms with Crippen molar-refractivity contribution in [3.05, 3.63) is 71.9 Å². The Morgan fingerprint density at radius 3 is 2.64 bits per heavy atom. The summed E-state index contributed by atoms with van der Waals surface area (Å²) in [7, 11) is 0. The van der Waals surface area contributed by atoms with E-state index in [1.165, 1.54) is 4.90 Å². The zero-order chi connectivity index (χ0) is 15.4. The molecule has 0 aliphatic carbocycles. The van der Waals surface area contributed by atoms with E-state index in [9.17, 15) is 9.90 Å². The Kier molecular flexibility index (Phi) is 4.10. The molecule has 1 heterocycles. The fraction of sp³-hybridized carbons (Fsp3) is 0.167. The van der Waals surface area contributed by atoms with Crippen LogP contribution in [-0.4, -0.2) is 27.6 Å². The molecule has 0 radical (unpaired) electrons. The lowest BCUT2D eigenvalue weighted by molar-refractivity contribution is 0.143. The smallest absolute Gasteiger partial charge is 0.407 e. The molecule has 3 aromatic rings. The van der Waals surface area contributed by atoms with Gasteiger partial charge in [0.05, 0.1) is 0 Å². The molecule has 0 unspecified atom stereocenters. The molecule has 2 N–H and O–H groups in total. The van der Waals surface area contributed by atoms with Crippen LogP contribution in [0.5, 0.6) is 0 Å². The third kappa shape index (κ3) is 3.11. The Morgan fingerprint density at radius 2 is 1.86 bits per heavy atom. The maximum atomic E-state index is 11.5. The Labute approximate surface area is 129 Å². The molecule has 0 fully saturated rings. The highest BCUT2D eigenvalue weighted by molar-refractivity contribution is 5.82. The van der Waals surface area contributed by atoms with Gasteiger partial charge in [-0.3, -0.25) is 0 Å². The normalized spacial score (nSPS) is 10.7. The number of fused-ring (bicyclic) bond motifs is 1. The lowest BCUT2D eigenvalue weighted by Crippen LogP contribution is -2.31. The van der Waals surface area contributed by atoms with Crippen molar-refractivity contribution in [3.63, 3.8) is 0 Å². The number of H-pyrrole nitrogens is 1. The summed E-state index contributed by atoms with van der Waals surface area (Å²) in [4.78, 5) is 16.1. The van der Waals surface area contributed by atoms with Gasteiger partial charge in [0.2, 0.25) is 0 Å². The summed E-state index contributed by atoms with van der Waals surface area (Å²) in [5.41, 5.74) is 3.25. The second-order valence-electron chi connectivity index (χ2n) is 5.30. The Bertz CT molecular complexity index is 765. The molecule has 0 aliphatic heterocycles. The molecule has 0 aliphatic rings. The van der Waals surface area contributed by atoms with Crippen molar-refractivity contribution in [1.29, 1.82) is 0 Å². The predicted octanol–water partition coefficient (Wildman–Crippen LogP) is 3.89. The van der Waals surface area contributed by atoms with Crippen molar-refractivity contribution in [2.24, 2.45) is 0 Å². The van der Waals surface area contributed by atoms with E-state index in [1.807, 2.05) is 54.7 Å². The van der Waals surface area contributed by atoms with Gasteiger partial charge in [0.15, 0.2) is 0 Å². The van der Waals surface area contributed by atoms with Crippen LogP contribution in [0.2, 0.25) is 0 Å². The number of carbonyl (C=O) groups is 1. The maximum absolute atomic E-state index is 11.5. The SMILES string of the molecule is O=C(O)N(CCc1cccc2[nH]ccc12)Cc1ccccc1. The Morgan fingerprint density at radius 1 is 1.05 bits per heavy atom. The Hall–Kier alpha value is -2.75. The summed E-state index contributed by atoms with van der Waals surface area (Å²) in [5.74, 6) is 0. The van der Waals surface area contributed by atoms with Gasteiger partial charge in [0, 0.05) is 30.2 Å². The van der Waals surface area contributed by atoms with Crippen LogP contribution in [0.15, 0.2) is 60.8 Å². The van der Waals surface area contributed by atoms with E-state index in [-0.39, 0.29) is 0 Å². The monoisotopic (exact) mass is 294 g/mol. The maximum Gasteiger partial charge on any atom is 0.407 e.